The minimum atomic E-state index is 0.758. The molecule has 0 aliphatic heterocycles. The number of nitrogens with one attached hydrogen (secondary N) is 1. The van der Waals surface area contributed by atoms with E-state index < -0.39 is 0 Å². The van der Waals surface area contributed by atoms with Gasteiger partial charge in [-0.25, -0.2) is 0 Å². The van der Waals surface area contributed by atoms with E-state index in [0.29, 0.717) is 0 Å². The minimum Gasteiger partial charge on any atom is -0.311 e. The first-order chi connectivity index (χ1) is 6.76. The molecule has 1 aliphatic carbocycles. The summed E-state index contributed by atoms with van der Waals surface area (Å²) in [6.07, 6.45) is 9.67. The molecule has 0 aromatic heterocycles. The molecule has 2 atom stereocenters. The average molecular weight is 197 g/mol. The third-order valence-electron chi connectivity index (χ3n) is 3.71. The standard InChI is InChI=1S/C13H27N/c1-4-12(5-2)14-13-8-6-7-11(3)9-10-13/h11-14H,4-10H2,1-3H3. The van der Waals surface area contributed by atoms with Crippen LogP contribution in [0.2, 0.25) is 0 Å². The zero-order valence-electron chi connectivity index (χ0n) is 10.2. The van der Waals surface area contributed by atoms with Gasteiger partial charge in [-0.05, 0) is 38.0 Å². The van der Waals surface area contributed by atoms with E-state index in [4.69, 9.17) is 0 Å². The summed E-state index contributed by atoms with van der Waals surface area (Å²) in [7, 11) is 0. The molecule has 1 aliphatic rings. The molecule has 2 unspecified atom stereocenters. The molecule has 0 amide bonds. The van der Waals surface area contributed by atoms with Crippen molar-refractivity contribution >= 4 is 0 Å². The molecule has 0 heterocycles. The lowest BCUT2D eigenvalue weighted by atomic mass is 10.0. The molecule has 14 heavy (non-hydrogen) atoms. The van der Waals surface area contributed by atoms with Crippen LogP contribution >= 0.6 is 0 Å². The van der Waals surface area contributed by atoms with Gasteiger partial charge >= 0.3 is 0 Å². The minimum absolute atomic E-state index is 0.758. The molecule has 0 aromatic rings. The highest BCUT2D eigenvalue weighted by atomic mass is 14.9. The number of rotatable bonds is 4. The largest absolute Gasteiger partial charge is 0.311 e. The summed E-state index contributed by atoms with van der Waals surface area (Å²) in [6, 6.07) is 1.57. The van der Waals surface area contributed by atoms with Crippen LogP contribution in [0, 0.1) is 5.92 Å². The Morgan fingerprint density at radius 1 is 1.07 bits per heavy atom. The van der Waals surface area contributed by atoms with Crippen LogP contribution in [0.25, 0.3) is 0 Å². The SMILES string of the molecule is CCC(CC)NC1CCCC(C)CC1. The topological polar surface area (TPSA) is 12.0 Å². The summed E-state index contributed by atoms with van der Waals surface area (Å²) in [5.41, 5.74) is 0. The highest BCUT2D eigenvalue weighted by molar-refractivity contribution is 4.76. The van der Waals surface area contributed by atoms with Crippen molar-refractivity contribution in [1.29, 1.82) is 0 Å². The first-order valence-corrected chi connectivity index (χ1v) is 6.52. The second-order valence-corrected chi connectivity index (χ2v) is 4.99. The van der Waals surface area contributed by atoms with E-state index in [-0.39, 0.29) is 0 Å². The van der Waals surface area contributed by atoms with Crippen molar-refractivity contribution in [3.05, 3.63) is 0 Å². The lowest BCUT2D eigenvalue weighted by molar-refractivity contribution is 0.374. The maximum absolute atomic E-state index is 3.82. The summed E-state index contributed by atoms with van der Waals surface area (Å²) < 4.78 is 0. The molecule has 1 heteroatoms. The van der Waals surface area contributed by atoms with Crippen LogP contribution < -0.4 is 5.32 Å². The van der Waals surface area contributed by atoms with Gasteiger partial charge in [0.2, 0.25) is 0 Å². The zero-order valence-corrected chi connectivity index (χ0v) is 10.2. The smallest absolute Gasteiger partial charge is 0.00697 e. The van der Waals surface area contributed by atoms with E-state index in [1.54, 1.807) is 0 Å². The molecule has 0 bridgehead atoms. The van der Waals surface area contributed by atoms with E-state index in [2.05, 4.69) is 26.1 Å². The molecule has 0 spiro atoms. The van der Waals surface area contributed by atoms with Crippen LogP contribution in [0.5, 0.6) is 0 Å². The molecule has 0 saturated heterocycles. The van der Waals surface area contributed by atoms with Crippen LogP contribution in [0.4, 0.5) is 0 Å². The summed E-state index contributed by atoms with van der Waals surface area (Å²) in [4.78, 5) is 0. The van der Waals surface area contributed by atoms with Crippen molar-refractivity contribution in [2.45, 2.75) is 77.8 Å². The van der Waals surface area contributed by atoms with Crippen molar-refractivity contribution < 1.29 is 0 Å². The van der Waals surface area contributed by atoms with Crippen LogP contribution in [0.1, 0.15) is 65.7 Å². The molecule has 0 radical (unpaired) electrons. The fourth-order valence-corrected chi connectivity index (χ4v) is 2.51. The van der Waals surface area contributed by atoms with Gasteiger partial charge in [0, 0.05) is 12.1 Å². The molecule has 1 saturated carbocycles. The average Bonchev–Trinajstić information content (AvgIpc) is 2.40. The third-order valence-corrected chi connectivity index (χ3v) is 3.71. The van der Waals surface area contributed by atoms with Crippen LogP contribution in [-0.4, -0.2) is 12.1 Å². The van der Waals surface area contributed by atoms with Crippen LogP contribution in [0.15, 0.2) is 0 Å². The van der Waals surface area contributed by atoms with Gasteiger partial charge in [0.05, 0.1) is 0 Å². The Labute approximate surface area is 89.7 Å². The maximum Gasteiger partial charge on any atom is 0.00697 e. The number of hydrogen-bond donors (Lipinski definition) is 1. The van der Waals surface area contributed by atoms with Gasteiger partial charge in [0.25, 0.3) is 0 Å². The Kier molecular flexibility index (Phi) is 5.54. The second kappa shape index (κ2) is 6.44. The molecular weight excluding hydrogens is 170 g/mol. The van der Waals surface area contributed by atoms with E-state index in [1.807, 2.05) is 0 Å². The fourth-order valence-electron chi connectivity index (χ4n) is 2.51. The normalized spacial score (nSPS) is 29.1. The molecular formula is C13H27N. The Bertz CT molecular complexity index is 140. The van der Waals surface area contributed by atoms with Gasteiger partial charge < -0.3 is 5.32 Å². The Morgan fingerprint density at radius 2 is 1.79 bits per heavy atom. The molecule has 1 nitrogen and oxygen atoms in total. The summed E-state index contributed by atoms with van der Waals surface area (Å²) in [5.74, 6) is 0.962. The monoisotopic (exact) mass is 197 g/mol. The Hall–Kier alpha value is -0.0400. The van der Waals surface area contributed by atoms with Gasteiger partial charge in [-0.1, -0.05) is 33.6 Å². The molecule has 84 valence electrons. The molecule has 0 aromatic carbocycles. The Morgan fingerprint density at radius 3 is 2.43 bits per heavy atom. The van der Waals surface area contributed by atoms with Gasteiger partial charge in [-0.15, -0.1) is 0 Å². The lowest BCUT2D eigenvalue weighted by Gasteiger charge is -2.23. The van der Waals surface area contributed by atoms with Crippen molar-refractivity contribution in [2.24, 2.45) is 5.92 Å². The molecule has 1 rings (SSSR count). The lowest BCUT2D eigenvalue weighted by Crippen LogP contribution is -2.37. The molecule has 1 fully saturated rings. The van der Waals surface area contributed by atoms with Gasteiger partial charge in [-0.2, -0.15) is 0 Å². The van der Waals surface area contributed by atoms with Gasteiger partial charge in [-0.3, -0.25) is 0 Å². The van der Waals surface area contributed by atoms with Gasteiger partial charge in [0.15, 0.2) is 0 Å². The predicted octanol–water partition coefficient (Wildman–Crippen LogP) is 3.73. The Balaban J connectivity index is 2.29. The van der Waals surface area contributed by atoms with Crippen molar-refractivity contribution in [2.75, 3.05) is 0 Å². The fraction of sp³-hybridized carbons (Fsp3) is 1.00. The van der Waals surface area contributed by atoms with Crippen LogP contribution in [0.3, 0.4) is 0 Å². The summed E-state index contributed by atoms with van der Waals surface area (Å²) >= 11 is 0. The quantitative estimate of drug-likeness (QED) is 0.677. The van der Waals surface area contributed by atoms with E-state index in [0.717, 1.165) is 18.0 Å². The van der Waals surface area contributed by atoms with Crippen molar-refractivity contribution in [3.63, 3.8) is 0 Å². The van der Waals surface area contributed by atoms with Crippen molar-refractivity contribution in [3.8, 4) is 0 Å². The third kappa shape index (κ3) is 4.00. The summed E-state index contributed by atoms with van der Waals surface area (Å²) in [6.45, 7) is 6.99. The van der Waals surface area contributed by atoms with E-state index in [9.17, 15) is 0 Å². The molecule has 1 N–H and O–H groups in total. The van der Waals surface area contributed by atoms with E-state index >= 15 is 0 Å². The highest BCUT2D eigenvalue weighted by Crippen LogP contribution is 2.23. The zero-order chi connectivity index (χ0) is 10.4. The highest BCUT2D eigenvalue weighted by Gasteiger charge is 2.17. The van der Waals surface area contributed by atoms with E-state index in [1.165, 1.54) is 44.9 Å². The predicted molar refractivity (Wildman–Crippen MR) is 63.5 cm³/mol. The first kappa shape index (κ1) is 12.0. The maximum atomic E-state index is 3.82. The first-order valence-electron chi connectivity index (χ1n) is 6.52. The number of hydrogen-bond acceptors (Lipinski definition) is 1. The van der Waals surface area contributed by atoms with Gasteiger partial charge in [0.1, 0.15) is 0 Å². The second-order valence-electron chi connectivity index (χ2n) is 4.99. The van der Waals surface area contributed by atoms with Crippen molar-refractivity contribution in [1.82, 2.24) is 5.32 Å². The van der Waals surface area contributed by atoms with Crippen LogP contribution in [-0.2, 0) is 0 Å². The summed E-state index contributed by atoms with van der Waals surface area (Å²) in [5, 5.41) is 3.82.